The summed E-state index contributed by atoms with van der Waals surface area (Å²) < 4.78 is 16.9. The maximum atomic E-state index is 12.9. The molecule has 0 aromatic carbocycles. The highest BCUT2D eigenvalue weighted by Crippen LogP contribution is 2.15. The van der Waals surface area contributed by atoms with Crippen LogP contribution in [0.4, 0.5) is 0 Å². The molecule has 0 aliphatic carbocycles. The number of rotatable bonds is 59. The van der Waals surface area contributed by atoms with Gasteiger partial charge in [0.15, 0.2) is 6.10 Å². The van der Waals surface area contributed by atoms with Crippen LogP contribution in [0.5, 0.6) is 0 Å². The minimum absolute atomic E-state index is 0.0960. The Morgan fingerprint density at radius 2 is 0.494 bits per heavy atom. The van der Waals surface area contributed by atoms with Crippen LogP contribution in [-0.2, 0) is 28.6 Å². The van der Waals surface area contributed by atoms with Gasteiger partial charge in [-0.2, -0.15) is 0 Å². The van der Waals surface area contributed by atoms with E-state index >= 15 is 0 Å². The highest BCUT2D eigenvalue weighted by atomic mass is 16.6. The zero-order valence-corrected chi connectivity index (χ0v) is 51.6. The third-order valence-corrected chi connectivity index (χ3v) is 13.9. The van der Waals surface area contributed by atoms with Crippen molar-refractivity contribution in [1.82, 2.24) is 0 Å². The van der Waals surface area contributed by atoms with Crippen LogP contribution in [0.2, 0.25) is 0 Å². The average molecular weight is 1100 g/mol. The molecule has 0 amide bonds. The fourth-order valence-electron chi connectivity index (χ4n) is 8.98. The van der Waals surface area contributed by atoms with Crippen LogP contribution in [0.15, 0.2) is 122 Å². The predicted molar refractivity (Wildman–Crippen MR) is 343 cm³/mol. The van der Waals surface area contributed by atoms with Crippen molar-refractivity contribution < 1.29 is 28.6 Å². The number of carbonyl (C=O) groups is 3. The van der Waals surface area contributed by atoms with Gasteiger partial charge in [0.1, 0.15) is 13.2 Å². The zero-order chi connectivity index (χ0) is 57.1. The molecule has 79 heavy (non-hydrogen) atoms. The molecule has 0 saturated heterocycles. The fourth-order valence-corrected chi connectivity index (χ4v) is 8.98. The van der Waals surface area contributed by atoms with Gasteiger partial charge in [0.05, 0.1) is 0 Å². The quantitative estimate of drug-likeness (QED) is 0.0261. The number of hydrogen-bond donors (Lipinski definition) is 0. The first-order chi connectivity index (χ1) is 39.0. The van der Waals surface area contributed by atoms with E-state index < -0.39 is 6.10 Å². The van der Waals surface area contributed by atoms with Gasteiger partial charge < -0.3 is 14.2 Å². The van der Waals surface area contributed by atoms with Gasteiger partial charge >= 0.3 is 17.9 Å². The molecule has 0 spiro atoms. The molecule has 1 atom stereocenters. The molecule has 450 valence electrons. The van der Waals surface area contributed by atoms with Crippen LogP contribution in [0.1, 0.15) is 303 Å². The van der Waals surface area contributed by atoms with E-state index in [-0.39, 0.29) is 31.1 Å². The molecule has 0 bridgehead atoms. The normalized spacial score (nSPS) is 12.9. The Labute approximate surface area is 488 Å². The van der Waals surface area contributed by atoms with Crippen molar-refractivity contribution >= 4 is 17.9 Å². The summed E-state index contributed by atoms with van der Waals surface area (Å²) in [4.78, 5) is 38.4. The number of allylic oxidation sites excluding steroid dienone is 20. The fraction of sp³-hybridized carbons (Fsp3) is 0.685. The van der Waals surface area contributed by atoms with Gasteiger partial charge in [0, 0.05) is 19.3 Å². The van der Waals surface area contributed by atoms with Crippen molar-refractivity contribution in [3.05, 3.63) is 122 Å². The Kier molecular flexibility index (Phi) is 62.8. The van der Waals surface area contributed by atoms with Crippen LogP contribution < -0.4 is 0 Å². The van der Waals surface area contributed by atoms with Crippen molar-refractivity contribution in [1.29, 1.82) is 0 Å². The zero-order valence-electron chi connectivity index (χ0n) is 51.6. The van der Waals surface area contributed by atoms with E-state index in [9.17, 15) is 14.4 Å². The van der Waals surface area contributed by atoms with Crippen molar-refractivity contribution in [2.45, 2.75) is 309 Å². The van der Waals surface area contributed by atoms with E-state index in [0.717, 1.165) is 135 Å². The molecule has 0 fully saturated rings. The Hall–Kier alpha value is -4.19. The Balaban J connectivity index is 4.48. The monoisotopic (exact) mass is 1090 g/mol. The van der Waals surface area contributed by atoms with Crippen molar-refractivity contribution in [3.8, 4) is 0 Å². The summed E-state index contributed by atoms with van der Waals surface area (Å²) in [5.74, 6) is -0.932. The van der Waals surface area contributed by atoms with Crippen LogP contribution in [0.25, 0.3) is 0 Å². The number of ether oxygens (including phenoxy) is 3. The average Bonchev–Trinajstić information content (AvgIpc) is 3.45. The SMILES string of the molecule is CC/C=C\C/C=C\C/C=C\C/C=C\C/C=C\C/C=C\CCCCCCC(=O)OCC(COC(=O)CCCCCCCCC/C=C\CCCCCCCC)OC(=O)CCCCCCCC/C=C\C/C=C\C/C=C\CCCCCCC. The Morgan fingerprint density at radius 3 is 0.785 bits per heavy atom. The van der Waals surface area contributed by atoms with Crippen LogP contribution in [0, 0.1) is 0 Å². The summed E-state index contributed by atoms with van der Waals surface area (Å²) in [6.07, 6.45) is 91.9. The molecule has 0 N–H and O–H groups in total. The largest absolute Gasteiger partial charge is 0.462 e. The first-order valence-corrected chi connectivity index (χ1v) is 33.0. The van der Waals surface area contributed by atoms with Crippen molar-refractivity contribution in [3.63, 3.8) is 0 Å². The smallest absolute Gasteiger partial charge is 0.306 e. The highest BCUT2D eigenvalue weighted by molar-refractivity contribution is 5.71. The van der Waals surface area contributed by atoms with Gasteiger partial charge in [-0.1, -0.05) is 271 Å². The molecule has 6 heteroatoms. The van der Waals surface area contributed by atoms with E-state index in [1.807, 2.05) is 0 Å². The number of carbonyl (C=O) groups excluding carboxylic acids is 3. The first-order valence-electron chi connectivity index (χ1n) is 33.0. The predicted octanol–water partition coefficient (Wildman–Crippen LogP) is 22.8. The molecular weight excluding hydrogens is 973 g/mol. The molecule has 0 radical (unpaired) electrons. The molecule has 1 unspecified atom stereocenters. The van der Waals surface area contributed by atoms with Gasteiger partial charge in [-0.05, 0) is 135 Å². The number of esters is 3. The van der Waals surface area contributed by atoms with Gasteiger partial charge in [0.25, 0.3) is 0 Å². The minimum atomic E-state index is -0.803. The van der Waals surface area contributed by atoms with Gasteiger partial charge in [-0.3, -0.25) is 14.4 Å². The lowest BCUT2D eigenvalue weighted by Crippen LogP contribution is -2.30. The highest BCUT2D eigenvalue weighted by Gasteiger charge is 2.19. The molecule has 6 nitrogen and oxygen atoms in total. The Bertz CT molecular complexity index is 1640. The minimum Gasteiger partial charge on any atom is -0.462 e. The van der Waals surface area contributed by atoms with Gasteiger partial charge in [-0.15, -0.1) is 0 Å². The summed E-state index contributed by atoms with van der Waals surface area (Å²) in [7, 11) is 0. The summed E-state index contributed by atoms with van der Waals surface area (Å²) in [6, 6.07) is 0. The lowest BCUT2D eigenvalue weighted by atomic mass is 10.1. The van der Waals surface area contributed by atoms with Gasteiger partial charge in [-0.25, -0.2) is 0 Å². The summed E-state index contributed by atoms with van der Waals surface area (Å²) >= 11 is 0. The molecule has 0 aromatic rings. The van der Waals surface area contributed by atoms with Crippen molar-refractivity contribution in [2.24, 2.45) is 0 Å². The molecule has 0 saturated carbocycles. The molecule has 0 rings (SSSR count). The molecule has 0 aliphatic heterocycles. The van der Waals surface area contributed by atoms with E-state index in [2.05, 4.69) is 142 Å². The summed E-state index contributed by atoms with van der Waals surface area (Å²) in [5, 5.41) is 0. The molecular formula is C73H122O6. The number of hydrogen-bond acceptors (Lipinski definition) is 6. The van der Waals surface area contributed by atoms with Crippen LogP contribution >= 0.6 is 0 Å². The van der Waals surface area contributed by atoms with E-state index in [1.165, 1.54) is 128 Å². The summed E-state index contributed by atoms with van der Waals surface area (Å²) in [5.41, 5.74) is 0. The maximum Gasteiger partial charge on any atom is 0.306 e. The lowest BCUT2D eigenvalue weighted by molar-refractivity contribution is -0.167. The third-order valence-electron chi connectivity index (χ3n) is 13.9. The molecule has 0 aliphatic rings. The lowest BCUT2D eigenvalue weighted by Gasteiger charge is -2.18. The number of unbranched alkanes of at least 4 members (excludes halogenated alkanes) is 28. The van der Waals surface area contributed by atoms with Crippen LogP contribution in [0.3, 0.4) is 0 Å². The maximum absolute atomic E-state index is 12.9. The second-order valence-electron chi connectivity index (χ2n) is 21.6. The van der Waals surface area contributed by atoms with E-state index in [4.69, 9.17) is 14.2 Å². The topological polar surface area (TPSA) is 78.9 Å². The first kappa shape index (κ1) is 74.8. The third kappa shape index (κ3) is 64.5. The van der Waals surface area contributed by atoms with Crippen molar-refractivity contribution in [2.75, 3.05) is 13.2 Å². The standard InChI is InChI=1S/C73H122O6/c1-4-7-10-13-16-19-22-25-28-31-33-35-36-38-39-42-45-48-51-54-57-60-63-66-72(75)78-69-70(68-77-71(74)65-62-59-56-53-50-47-44-41-30-27-24-21-18-15-12-9-6-3)79-73(76)67-64-61-58-55-52-49-46-43-40-37-34-32-29-26-23-20-17-14-11-8-5-2/h7,10,16,19,23,25-28,30,32-35,38-40,43,45,48,70H,4-6,8-9,11-15,17-18,20-22,24,29,31,36-37,41-42,44,46-47,49-69H2,1-3H3/b10-7-,19-16-,26-23-,28-25-,30-27-,34-32-,35-33-,39-38-,43-40-,48-45-. The van der Waals surface area contributed by atoms with Crippen LogP contribution in [-0.4, -0.2) is 37.2 Å². The van der Waals surface area contributed by atoms with E-state index in [1.54, 1.807) is 0 Å². The van der Waals surface area contributed by atoms with Gasteiger partial charge in [0.2, 0.25) is 0 Å². The molecule has 0 aromatic heterocycles. The second-order valence-corrected chi connectivity index (χ2v) is 21.6. The molecule has 0 heterocycles. The second kappa shape index (κ2) is 66.3. The Morgan fingerprint density at radius 1 is 0.266 bits per heavy atom. The van der Waals surface area contributed by atoms with E-state index in [0.29, 0.717) is 19.3 Å². The summed E-state index contributed by atoms with van der Waals surface area (Å²) in [6.45, 7) is 6.49.